The molecule has 0 radical (unpaired) electrons. The summed E-state index contributed by atoms with van der Waals surface area (Å²) in [4.78, 5) is 36.9. The van der Waals surface area contributed by atoms with Gasteiger partial charge in [-0.1, -0.05) is 0 Å². The van der Waals surface area contributed by atoms with Crippen LogP contribution >= 0.6 is 15.6 Å². The van der Waals surface area contributed by atoms with Gasteiger partial charge in [0.05, 0.1) is 6.61 Å². The topological polar surface area (TPSA) is 200 Å². The summed E-state index contributed by atoms with van der Waals surface area (Å²) < 4.78 is 33.3. The number of phosphoric ester groups is 1. The summed E-state index contributed by atoms with van der Waals surface area (Å²) in [6, 6.07) is 0. The van der Waals surface area contributed by atoms with Crippen LogP contribution in [0.3, 0.4) is 0 Å². The third-order valence-corrected chi connectivity index (χ3v) is 3.96. The zero-order valence-electron chi connectivity index (χ0n) is 10.4. The first-order chi connectivity index (χ1) is 8.97. The van der Waals surface area contributed by atoms with Gasteiger partial charge in [-0.15, -0.1) is 0 Å². The SMILES string of the molecule is O=C1OC(C(O)CO)C(O)=C1OP(=O)(O)OP(=O)(O)O.[Na+]. The van der Waals surface area contributed by atoms with E-state index >= 15 is 0 Å². The summed E-state index contributed by atoms with van der Waals surface area (Å²) >= 11 is 0. The van der Waals surface area contributed by atoms with Crippen molar-refractivity contribution >= 4 is 21.6 Å². The maximum Gasteiger partial charge on any atom is 1.00 e. The van der Waals surface area contributed by atoms with Crippen LogP contribution < -0.4 is 29.6 Å². The number of carbonyl (C=O) groups is 1. The normalized spacial score (nSPS) is 23.1. The minimum absolute atomic E-state index is 0. The molecule has 0 aliphatic carbocycles. The number of aliphatic hydroxyl groups excluding tert-OH is 3. The van der Waals surface area contributed by atoms with Crippen molar-refractivity contribution in [2.75, 3.05) is 6.61 Å². The molecule has 21 heavy (non-hydrogen) atoms. The van der Waals surface area contributed by atoms with E-state index in [2.05, 4.69) is 13.6 Å². The van der Waals surface area contributed by atoms with Crippen LogP contribution in [-0.4, -0.2) is 54.8 Å². The summed E-state index contributed by atoms with van der Waals surface area (Å²) in [6.07, 6.45) is -3.49. The Labute approximate surface area is 139 Å². The minimum atomic E-state index is -5.43. The summed E-state index contributed by atoms with van der Waals surface area (Å²) in [5.74, 6) is -3.91. The van der Waals surface area contributed by atoms with E-state index in [0.717, 1.165) is 0 Å². The van der Waals surface area contributed by atoms with Crippen LogP contribution in [0.5, 0.6) is 0 Å². The molecule has 0 saturated heterocycles. The van der Waals surface area contributed by atoms with Crippen LogP contribution in [-0.2, 0) is 27.5 Å². The van der Waals surface area contributed by atoms with Gasteiger partial charge >= 0.3 is 51.2 Å². The molecular formula is C6H10NaO12P2+. The van der Waals surface area contributed by atoms with Crippen molar-refractivity contribution in [2.24, 2.45) is 0 Å². The molecule has 0 aromatic rings. The third kappa shape index (κ3) is 5.97. The molecule has 0 amide bonds. The third-order valence-electron chi connectivity index (χ3n) is 1.87. The number of ether oxygens (including phenoxy) is 1. The van der Waals surface area contributed by atoms with Gasteiger partial charge < -0.3 is 34.4 Å². The van der Waals surface area contributed by atoms with Crippen molar-refractivity contribution in [3.05, 3.63) is 11.5 Å². The number of esters is 1. The monoisotopic (exact) mass is 359 g/mol. The first kappa shape index (κ1) is 21.0. The van der Waals surface area contributed by atoms with Gasteiger partial charge in [-0.3, -0.25) is 4.89 Å². The van der Waals surface area contributed by atoms with Gasteiger partial charge in [0.1, 0.15) is 6.10 Å². The number of hydrogen-bond donors (Lipinski definition) is 6. The smallest absolute Gasteiger partial charge is 0.505 e. The molecule has 1 rings (SSSR count). The quantitative estimate of drug-likeness (QED) is 0.150. The van der Waals surface area contributed by atoms with Crippen molar-refractivity contribution in [3.63, 3.8) is 0 Å². The van der Waals surface area contributed by atoms with E-state index in [1.807, 2.05) is 0 Å². The Morgan fingerprint density at radius 3 is 2.24 bits per heavy atom. The van der Waals surface area contributed by atoms with E-state index in [9.17, 15) is 24.1 Å². The fraction of sp³-hybridized carbons (Fsp3) is 0.500. The van der Waals surface area contributed by atoms with Gasteiger partial charge in [-0.2, -0.15) is 4.31 Å². The van der Waals surface area contributed by atoms with Crippen molar-refractivity contribution in [3.8, 4) is 0 Å². The molecule has 0 aromatic carbocycles. The van der Waals surface area contributed by atoms with E-state index in [1.54, 1.807) is 0 Å². The van der Waals surface area contributed by atoms with Gasteiger partial charge in [-0.25, -0.2) is 13.9 Å². The van der Waals surface area contributed by atoms with Gasteiger partial charge in [-0.05, 0) is 0 Å². The van der Waals surface area contributed by atoms with Gasteiger partial charge in [0.2, 0.25) is 0 Å². The molecule has 116 valence electrons. The van der Waals surface area contributed by atoms with E-state index in [1.165, 1.54) is 0 Å². The molecule has 1 heterocycles. The molecule has 6 N–H and O–H groups in total. The Kier molecular flexibility index (Phi) is 7.54. The van der Waals surface area contributed by atoms with Crippen molar-refractivity contribution in [1.29, 1.82) is 0 Å². The van der Waals surface area contributed by atoms with Crippen LogP contribution in [0.25, 0.3) is 0 Å². The summed E-state index contributed by atoms with van der Waals surface area (Å²) in [5.41, 5.74) is 0. The number of phosphoric acid groups is 2. The van der Waals surface area contributed by atoms with Crippen molar-refractivity contribution in [2.45, 2.75) is 12.2 Å². The van der Waals surface area contributed by atoms with Crippen LogP contribution in [0.4, 0.5) is 0 Å². The molecule has 15 heteroatoms. The van der Waals surface area contributed by atoms with Gasteiger partial charge in [0, 0.05) is 0 Å². The maximum absolute atomic E-state index is 11.2. The van der Waals surface area contributed by atoms with Gasteiger partial charge in [0.25, 0.3) is 5.76 Å². The molecule has 0 spiro atoms. The molecule has 3 unspecified atom stereocenters. The summed E-state index contributed by atoms with van der Waals surface area (Å²) in [7, 11) is -10.8. The molecule has 1 aliphatic heterocycles. The van der Waals surface area contributed by atoms with Crippen LogP contribution in [0.2, 0.25) is 0 Å². The number of carbonyl (C=O) groups excluding carboxylic acids is 1. The second-order valence-corrected chi connectivity index (χ2v) is 6.18. The second kappa shape index (κ2) is 7.53. The molecule has 0 bridgehead atoms. The Balaban J connectivity index is 0.00000400. The Morgan fingerprint density at radius 1 is 1.29 bits per heavy atom. The molecule has 1 aliphatic rings. The number of cyclic esters (lactones) is 1. The molecule has 0 aromatic heterocycles. The van der Waals surface area contributed by atoms with Crippen LogP contribution in [0.1, 0.15) is 0 Å². The zero-order chi connectivity index (χ0) is 15.7. The average molecular weight is 359 g/mol. The first-order valence-electron chi connectivity index (χ1n) is 4.69. The van der Waals surface area contributed by atoms with E-state index in [0.29, 0.717) is 0 Å². The summed E-state index contributed by atoms with van der Waals surface area (Å²) in [5, 5.41) is 27.2. The number of aliphatic hydroxyl groups is 3. The van der Waals surface area contributed by atoms with Crippen LogP contribution in [0, 0.1) is 0 Å². The predicted molar refractivity (Wildman–Crippen MR) is 56.7 cm³/mol. The largest absolute Gasteiger partial charge is 1.00 e. The fourth-order valence-electron chi connectivity index (χ4n) is 1.17. The Morgan fingerprint density at radius 2 is 1.81 bits per heavy atom. The Hall–Kier alpha value is 0.0300. The van der Waals surface area contributed by atoms with Gasteiger partial charge in [0.15, 0.2) is 11.9 Å². The minimum Gasteiger partial charge on any atom is -0.505 e. The van der Waals surface area contributed by atoms with E-state index in [-0.39, 0.29) is 29.6 Å². The Bertz CT molecular complexity index is 524. The number of hydrogen-bond acceptors (Lipinski definition) is 9. The molecule has 0 fully saturated rings. The standard InChI is InChI=1S/C6H10O12P2.Na/c7-1-2(8)4-3(9)5(6(10)16-4)17-20(14,15)18-19(11,12)13;/h2,4,7-9H,1H2,(H,14,15)(H2,11,12,13);/q;+1. The van der Waals surface area contributed by atoms with Crippen molar-refractivity contribution in [1.82, 2.24) is 0 Å². The molecular weight excluding hydrogens is 349 g/mol. The van der Waals surface area contributed by atoms with E-state index < -0.39 is 51.9 Å². The first-order valence-corrected chi connectivity index (χ1v) is 7.71. The maximum atomic E-state index is 11.2. The predicted octanol–water partition coefficient (Wildman–Crippen LogP) is -4.74. The zero-order valence-corrected chi connectivity index (χ0v) is 14.2. The molecule has 3 atom stereocenters. The molecule has 0 saturated carbocycles. The van der Waals surface area contributed by atoms with Crippen LogP contribution in [0.15, 0.2) is 11.5 Å². The van der Waals surface area contributed by atoms with E-state index in [4.69, 9.17) is 19.8 Å². The second-order valence-electron chi connectivity index (χ2n) is 3.42. The van der Waals surface area contributed by atoms with Crippen molar-refractivity contribution < 1.29 is 87.1 Å². The number of rotatable bonds is 6. The molecule has 12 nitrogen and oxygen atoms in total. The summed E-state index contributed by atoms with van der Waals surface area (Å²) in [6.45, 7) is -0.912. The average Bonchev–Trinajstić information content (AvgIpc) is 2.52. The fourth-order valence-corrected chi connectivity index (χ4v) is 2.77.